The van der Waals surface area contributed by atoms with Gasteiger partial charge in [0.05, 0.1) is 17.1 Å². The van der Waals surface area contributed by atoms with Crippen LogP contribution in [0.4, 0.5) is 5.95 Å². The van der Waals surface area contributed by atoms with E-state index in [9.17, 15) is 4.79 Å². The second kappa shape index (κ2) is 5.03. The highest BCUT2D eigenvalue weighted by Gasteiger charge is 2.36. The summed E-state index contributed by atoms with van der Waals surface area (Å²) in [5.41, 5.74) is 4.86. The monoisotopic (exact) mass is 316 g/mol. The molecule has 2 aromatic heterocycles. The number of fused-ring (bicyclic) bond motifs is 3. The van der Waals surface area contributed by atoms with Crippen molar-refractivity contribution in [3.63, 3.8) is 0 Å². The summed E-state index contributed by atoms with van der Waals surface area (Å²) in [6, 6.07) is 11.8. The highest BCUT2D eigenvalue weighted by Crippen LogP contribution is 2.42. The van der Waals surface area contributed by atoms with Gasteiger partial charge in [0.15, 0.2) is 5.78 Å². The molecule has 5 rings (SSSR count). The molecule has 0 saturated heterocycles. The molecule has 1 aromatic carbocycles. The number of rotatable bonds is 1. The molecule has 118 valence electrons. The normalized spacial score (nSPS) is 19.8. The Labute approximate surface area is 139 Å². The molecule has 0 saturated carbocycles. The summed E-state index contributed by atoms with van der Waals surface area (Å²) < 4.78 is 2.13. The molecule has 0 amide bonds. The Hall–Kier alpha value is -2.95. The number of ketones is 1. The SMILES string of the molecule is O=C1CCCC2=C1C(c1cccnc1)n1c(nc3ccccc31)N2. The third-order valence-corrected chi connectivity index (χ3v) is 4.85. The molecule has 1 unspecified atom stereocenters. The van der Waals surface area contributed by atoms with Gasteiger partial charge in [-0.1, -0.05) is 18.2 Å². The number of aromatic nitrogens is 3. The van der Waals surface area contributed by atoms with Crippen molar-refractivity contribution in [2.24, 2.45) is 0 Å². The van der Waals surface area contributed by atoms with E-state index in [-0.39, 0.29) is 11.8 Å². The molecule has 2 aliphatic rings. The van der Waals surface area contributed by atoms with Crippen LogP contribution >= 0.6 is 0 Å². The quantitative estimate of drug-likeness (QED) is 0.747. The van der Waals surface area contributed by atoms with Gasteiger partial charge < -0.3 is 5.32 Å². The summed E-state index contributed by atoms with van der Waals surface area (Å²) in [7, 11) is 0. The van der Waals surface area contributed by atoms with Gasteiger partial charge in [-0.3, -0.25) is 14.3 Å². The Kier molecular flexibility index (Phi) is 2.82. The number of carbonyl (C=O) groups excluding carboxylic acids is 1. The molecule has 1 aliphatic carbocycles. The summed E-state index contributed by atoms with van der Waals surface area (Å²) in [6.07, 6.45) is 6.00. The van der Waals surface area contributed by atoms with Crippen LogP contribution in [0.15, 0.2) is 60.1 Å². The molecule has 1 N–H and O–H groups in total. The number of carbonyl (C=O) groups is 1. The van der Waals surface area contributed by atoms with E-state index in [1.807, 2.05) is 36.5 Å². The molecule has 5 nitrogen and oxygen atoms in total. The molecule has 3 aromatic rings. The van der Waals surface area contributed by atoms with E-state index >= 15 is 0 Å². The van der Waals surface area contributed by atoms with Crippen molar-refractivity contribution in [1.82, 2.24) is 14.5 Å². The van der Waals surface area contributed by atoms with Gasteiger partial charge in [0.1, 0.15) is 0 Å². The largest absolute Gasteiger partial charge is 0.329 e. The number of para-hydroxylation sites is 2. The molecule has 0 bridgehead atoms. The number of benzene rings is 1. The number of hydrogen-bond acceptors (Lipinski definition) is 4. The highest BCUT2D eigenvalue weighted by molar-refractivity contribution is 6.00. The fourth-order valence-electron chi connectivity index (χ4n) is 3.82. The van der Waals surface area contributed by atoms with Gasteiger partial charge in [-0.05, 0) is 36.6 Å². The second-order valence-electron chi connectivity index (χ2n) is 6.28. The first-order chi connectivity index (χ1) is 11.8. The molecule has 24 heavy (non-hydrogen) atoms. The minimum atomic E-state index is -0.162. The van der Waals surface area contributed by atoms with Crippen LogP contribution in [0.2, 0.25) is 0 Å². The Morgan fingerprint density at radius 3 is 2.92 bits per heavy atom. The van der Waals surface area contributed by atoms with E-state index in [4.69, 9.17) is 4.98 Å². The number of Topliss-reactive ketones (excluding diaryl/α,β-unsaturated/α-hetero) is 1. The average molecular weight is 316 g/mol. The molecular formula is C19H16N4O. The van der Waals surface area contributed by atoms with Crippen LogP contribution in [-0.2, 0) is 4.79 Å². The topological polar surface area (TPSA) is 59.8 Å². The van der Waals surface area contributed by atoms with E-state index < -0.39 is 0 Å². The fraction of sp³-hybridized carbons (Fsp3) is 0.211. The summed E-state index contributed by atoms with van der Waals surface area (Å²) in [6.45, 7) is 0. The van der Waals surface area contributed by atoms with Crippen molar-refractivity contribution in [2.75, 3.05) is 5.32 Å². The lowest BCUT2D eigenvalue weighted by molar-refractivity contribution is -0.116. The lowest BCUT2D eigenvalue weighted by Crippen LogP contribution is -2.30. The molecule has 0 radical (unpaired) electrons. The van der Waals surface area contributed by atoms with Gasteiger partial charge in [-0.2, -0.15) is 0 Å². The molecule has 3 heterocycles. The minimum absolute atomic E-state index is 0.162. The van der Waals surface area contributed by atoms with E-state index in [1.54, 1.807) is 6.20 Å². The smallest absolute Gasteiger partial charge is 0.209 e. The van der Waals surface area contributed by atoms with Gasteiger partial charge >= 0.3 is 0 Å². The Balaban J connectivity index is 1.83. The summed E-state index contributed by atoms with van der Waals surface area (Å²) in [5, 5.41) is 3.41. The lowest BCUT2D eigenvalue weighted by atomic mass is 9.85. The van der Waals surface area contributed by atoms with Crippen molar-refractivity contribution in [1.29, 1.82) is 0 Å². The first-order valence-corrected chi connectivity index (χ1v) is 8.23. The predicted molar refractivity (Wildman–Crippen MR) is 91.6 cm³/mol. The highest BCUT2D eigenvalue weighted by atomic mass is 16.1. The van der Waals surface area contributed by atoms with Crippen molar-refractivity contribution >= 4 is 22.8 Å². The molecule has 1 atom stereocenters. The number of nitrogens with one attached hydrogen (secondary N) is 1. The minimum Gasteiger partial charge on any atom is -0.329 e. The third-order valence-electron chi connectivity index (χ3n) is 4.85. The Morgan fingerprint density at radius 2 is 2.04 bits per heavy atom. The van der Waals surface area contributed by atoms with Crippen molar-refractivity contribution in [3.8, 4) is 0 Å². The average Bonchev–Trinajstić information content (AvgIpc) is 2.99. The Morgan fingerprint density at radius 1 is 1.12 bits per heavy atom. The molecule has 0 fully saturated rings. The van der Waals surface area contributed by atoms with E-state index in [0.717, 1.165) is 46.7 Å². The van der Waals surface area contributed by atoms with Gasteiger partial charge in [0.25, 0.3) is 0 Å². The number of anilines is 1. The number of imidazole rings is 1. The van der Waals surface area contributed by atoms with Gasteiger partial charge in [0, 0.05) is 30.1 Å². The zero-order valence-electron chi connectivity index (χ0n) is 13.1. The number of hydrogen-bond donors (Lipinski definition) is 1. The van der Waals surface area contributed by atoms with E-state index in [0.29, 0.717) is 6.42 Å². The van der Waals surface area contributed by atoms with Crippen LogP contribution in [-0.4, -0.2) is 20.3 Å². The maximum absolute atomic E-state index is 12.7. The predicted octanol–water partition coefficient (Wildman–Crippen LogP) is 3.45. The third kappa shape index (κ3) is 1.84. The summed E-state index contributed by atoms with van der Waals surface area (Å²) in [5.74, 6) is 1.03. The Bertz CT molecular complexity index is 987. The molecule has 5 heteroatoms. The molecule has 0 spiro atoms. The van der Waals surface area contributed by atoms with Crippen LogP contribution < -0.4 is 5.32 Å². The zero-order valence-corrected chi connectivity index (χ0v) is 13.1. The first-order valence-electron chi connectivity index (χ1n) is 8.23. The maximum atomic E-state index is 12.7. The standard InChI is InChI=1S/C19H16N4O/c24-16-9-3-7-14-17(16)18(12-5-4-10-20-11-12)23-15-8-2-1-6-13(15)21-19(23)22-14/h1-2,4-6,8,10-11,18H,3,7,9H2,(H,21,22). The van der Waals surface area contributed by atoms with Gasteiger partial charge in [-0.25, -0.2) is 4.98 Å². The zero-order chi connectivity index (χ0) is 16.1. The molecule has 1 aliphatic heterocycles. The number of pyridine rings is 1. The number of allylic oxidation sites excluding steroid dienone is 2. The first kappa shape index (κ1) is 13.5. The lowest BCUT2D eigenvalue weighted by Gasteiger charge is -2.33. The van der Waals surface area contributed by atoms with Crippen LogP contribution in [0.3, 0.4) is 0 Å². The van der Waals surface area contributed by atoms with Crippen LogP contribution in [0.25, 0.3) is 11.0 Å². The maximum Gasteiger partial charge on any atom is 0.209 e. The molecular weight excluding hydrogens is 300 g/mol. The summed E-state index contributed by atoms with van der Waals surface area (Å²) in [4.78, 5) is 21.7. The van der Waals surface area contributed by atoms with Crippen molar-refractivity contribution < 1.29 is 4.79 Å². The number of nitrogens with zero attached hydrogens (tertiary/aromatic N) is 3. The van der Waals surface area contributed by atoms with Crippen LogP contribution in [0, 0.1) is 0 Å². The van der Waals surface area contributed by atoms with Crippen molar-refractivity contribution in [2.45, 2.75) is 25.3 Å². The van der Waals surface area contributed by atoms with Crippen LogP contribution in [0.5, 0.6) is 0 Å². The van der Waals surface area contributed by atoms with Crippen molar-refractivity contribution in [3.05, 3.63) is 65.6 Å². The van der Waals surface area contributed by atoms with E-state index in [2.05, 4.69) is 20.9 Å². The van der Waals surface area contributed by atoms with E-state index in [1.165, 1.54) is 0 Å². The van der Waals surface area contributed by atoms with Gasteiger partial charge in [-0.15, -0.1) is 0 Å². The van der Waals surface area contributed by atoms with Crippen LogP contribution in [0.1, 0.15) is 30.9 Å². The second-order valence-corrected chi connectivity index (χ2v) is 6.28. The summed E-state index contributed by atoms with van der Waals surface area (Å²) >= 11 is 0. The van der Waals surface area contributed by atoms with Gasteiger partial charge in [0.2, 0.25) is 5.95 Å². The fourth-order valence-corrected chi connectivity index (χ4v) is 3.82.